The summed E-state index contributed by atoms with van der Waals surface area (Å²) in [5.41, 5.74) is 0. The minimum absolute atomic E-state index is 0.765. The molecule has 0 aromatic heterocycles. The lowest BCUT2D eigenvalue weighted by Crippen LogP contribution is -2.36. The predicted molar refractivity (Wildman–Crippen MR) is 118 cm³/mol. The van der Waals surface area contributed by atoms with E-state index in [1.54, 1.807) is 0 Å². The predicted octanol–water partition coefficient (Wildman–Crippen LogP) is 5.31. The lowest BCUT2D eigenvalue weighted by Gasteiger charge is -2.07. The van der Waals surface area contributed by atoms with Gasteiger partial charge in [0, 0.05) is 0 Å². The van der Waals surface area contributed by atoms with Crippen molar-refractivity contribution in [3.05, 3.63) is 60.7 Å². The summed E-state index contributed by atoms with van der Waals surface area (Å²) in [5.74, 6) is 0. The van der Waals surface area contributed by atoms with Crippen LogP contribution in [-0.4, -0.2) is 16.2 Å². The molecular weight excluding hydrogens is 367 g/mol. The van der Waals surface area contributed by atoms with Gasteiger partial charge in [-0.15, -0.1) is 0 Å². The van der Waals surface area contributed by atoms with Crippen molar-refractivity contribution < 1.29 is 0 Å². The maximum Gasteiger partial charge on any atom is 0.201 e. The van der Waals surface area contributed by atoms with Gasteiger partial charge in [0.05, 0.1) is 0 Å². The average molecular weight is 398 g/mol. The Hall–Kier alpha value is -0.546. The molecule has 0 saturated heterocycles. The van der Waals surface area contributed by atoms with Crippen LogP contribution < -0.4 is 10.4 Å². The molecule has 2 rings (SSSR count). The monoisotopic (exact) mass is 396 g/mol. The van der Waals surface area contributed by atoms with E-state index in [0.29, 0.717) is 0 Å². The van der Waals surface area contributed by atoms with E-state index in [4.69, 9.17) is 22.2 Å². The zero-order valence-corrected chi connectivity index (χ0v) is 18.7. The summed E-state index contributed by atoms with van der Waals surface area (Å²) >= 11 is 12.6. The second-order valence-corrected chi connectivity index (χ2v) is 13.6. The van der Waals surface area contributed by atoms with E-state index in [1.165, 1.54) is 48.1 Å². The summed E-state index contributed by atoms with van der Waals surface area (Å²) in [6, 6.07) is 23.3. The van der Waals surface area contributed by atoms with E-state index >= 15 is 0 Å². The lowest BCUT2D eigenvalue weighted by molar-refractivity contribution is 0.848. The molecule has 0 fully saturated rings. The molecule has 0 aliphatic heterocycles. The van der Waals surface area contributed by atoms with Crippen LogP contribution in [0, 0.1) is 0 Å². The van der Waals surface area contributed by atoms with Gasteiger partial charge in [-0.3, -0.25) is 0 Å². The number of halogens is 2. The summed E-state index contributed by atoms with van der Waals surface area (Å²) in [5, 5.41) is 2.56. The molecule has 4 heteroatoms. The lowest BCUT2D eigenvalue weighted by atomic mass is 10.4. The van der Waals surface area contributed by atoms with Crippen molar-refractivity contribution in [2.45, 2.75) is 51.6 Å². The minimum Gasteiger partial charge on any atom is -0.172 e. The highest BCUT2D eigenvalue weighted by atomic mass is 35.6. The highest BCUT2D eigenvalue weighted by Crippen LogP contribution is 2.12. The molecule has 0 nitrogen and oxygen atoms in total. The molecule has 0 aliphatic rings. The molecule has 0 heterocycles. The Morgan fingerprint density at radius 3 is 1.38 bits per heavy atom. The van der Waals surface area contributed by atoms with Crippen molar-refractivity contribution in [3.8, 4) is 0 Å². The summed E-state index contributed by atoms with van der Waals surface area (Å²) in [7, 11) is -2.21. The molecule has 0 saturated carbocycles. The van der Waals surface area contributed by atoms with Crippen LogP contribution in [0.25, 0.3) is 0 Å². The van der Waals surface area contributed by atoms with Crippen LogP contribution >= 0.6 is 22.2 Å². The largest absolute Gasteiger partial charge is 0.201 e. The maximum absolute atomic E-state index is 6.47. The minimum atomic E-state index is -1.45. The first-order valence-corrected chi connectivity index (χ1v) is 15.3. The van der Waals surface area contributed by atoms with Crippen molar-refractivity contribution in [2.24, 2.45) is 0 Å². The van der Waals surface area contributed by atoms with E-state index in [9.17, 15) is 0 Å². The van der Waals surface area contributed by atoms with Crippen LogP contribution in [-0.2, 0) is 0 Å². The van der Waals surface area contributed by atoms with E-state index in [2.05, 4.69) is 38.1 Å². The van der Waals surface area contributed by atoms with E-state index in [-0.39, 0.29) is 0 Å². The van der Waals surface area contributed by atoms with Crippen molar-refractivity contribution in [1.29, 1.82) is 0 Å². The van der Waals surface area contributed by atoms with Crippen LogP contribution in [0.2, 0.25) is 12.1 Å². The third-order valence-electron chi connectivity index (χ3n) is 3.93. The van der Waals surface area contributed by atoms with E-state index in [0.717, 1.165) is 0 Å². The second-order valence-electron chi connectivity index (χ2n) is 6.07. The van der Waals surface area contributed by atoms with Gasteiger partial charge in [0.25, 0.3) is 0 Å². The summed E-state index contributed by atoms with van der Waals surface area (Å²) in [4.78, 5) is 0. The molecule has 24 heavy (non-hydrogen) atoms. The van der Waals surface area contributed by atoms with Gasteiger partial charge >= 0.3 is 0 Å². The van der Waals surface area contributed by atoms with Crippen molar-refractivity contribution in [2.75, 3.05) is 0 Å². The zero-order chi connectivity index (χ0) is 17.6. The fourth-order valence-electron chi connectivity index (χ4n) is 2.43. The van der Waals surface area contributed by atoms with Crippen LogP contribution in [0.5, 0.6) is 0 Å². The van der Waals surface area contributed by atoms with Gasteiger partial charge in [-0.2, -0.15) is 22.2 Å². The van der Waals surface area contributed by atoms with Gasteiger partial charge in [-0.1, -0.05) is 100 Å². The number of unbranched alkanes of at least 4 members (excludes halogenated alkanes) is 2. The first-order valence-electron chi connectivity index (χ1n) is 9.07. The molecule has 0 N–H and O–H groups in total. The molecule has 0 bridgehead atoms. The second kappa shape index (κ2) is 13.7. The Bertz CT molecular complexity index is 472. The zero-order valence-electron chi connectivity index (χ0n) is 14.9. The van der Waals surface area contributed by atoms with Gasteiger partial charge in [-0.05, 0) is 22.5 Å². The van der Waals surface area contributed by atoms with Gasteiger partial charge in [0.1, 0.15) is 8.11 Å². The first-order chi connectivity index (χ1) is 11.7. The first kappa shape index (κ1) is 21.5. The van der Waals surface area contributed by atoms with Crippen molar-refractivity contribution >= 4 is 48.7 Å². The van der Waals surface area contributed by atoms with E-state index < -0.39 is 16.2 Å². The topological polar surface area (TPSA) is 0 Å². The summed E-state index contributed by atoms with van der Waals surface area (Å²) in [6.45, 7) is 4.47. The number of hydrogen-bond acceptors (Lipinski definition) is 0. The highest BCUT2D eigenvalue weighted by Gasteiger charge is 2.11. The number of benzene rings is 2. The number of hydrogen-bond donors (Lipinski definition) is 0. The molecular formula is C20H30Cl2Si2. The smallest absolute Gasteiger partial charge is 0.172 e. The molecule has 0 unspecified atom stereocenters. The fourth-order valence-corrected chi connectivity index (χ4v) is 7.73. The van der Waals surface area contributed by atoms with Crippen molar-refractivity contribution in [3.63, 3.8) is 0 Å². The molecule has 2 aromatic rings. The molecule has 132 valence electrons. The Labute approximate surface area is 160 Å². The summed E-state index contributed by atoms with van der Waals surface area (Å²) in [6.07, 6.45) is 5.32. The third kappa shape index (κ3) is 9.07. The molecule has 0 amide bonds. The van der Waals surface area contributed by atoms with Crippen LogP contribution in [0.3, 0.4) is 0 Å². The average Bonchev–Trinajstić information content (AvgIpc) is 2.66. The standard InChI is InChI=1S/C12H11ClSi.C8H19ClSi/c13-14(11-7-3-1-4-8-11)12-9-5-2-6-10-12;1-3-5-7-10(9)8-6-4-2/h1-10,14H;10H,3-8H2,1-2H3. The Morgan fingerprint density at radius 1 is 0.667 bits per heavy atom. The normalized spacial score (nSPS) is 10.6. The quantitative estimate of drug-likeness (QED) is 0.418. The highest BCUT2D eigenvalue weighted by molar-refractivity contribution is 7.21. The van der Waals surface area contributed by atoms with Crippen LogP contribution in [0.1, 0.15) is 39.5 Å². The molecule has 0 atom stereocenters. The van der Waals surface area contributed by atoms with Crippen LogP contribution in [0.4, 0.5) is 0 Å². The Balaban J connectivity index is 0.000000257. The molecule has 0 radical (unpaired) electrons. The SMILES string of the molecule is CCCC[SiH](Cl)CCCC.Cl[SiH](c1ccccc1)c1ccccc1. The maximum atomic E-state index is 6.47. The van der Waals surface area contributed by atoms with Gasteiger partial charge in [0.15, 0.2) is 0 Å². The van der Waals surface area contributed by atoms with Crippen molar-refractivity contribution in [1.82, 2.24) is 0 Å². The number of rotatable bonds is 8. The molecule has 0 aliphatic carbocycles. The van der Waals surface area contributed by atoms with Gasteiger partial charge < -0.3 is 0 Å². The molecule has 2 aromatic carbocycles. The van der Waals surface area contributed by atoms with Gasteiger partial charge in [0.2, 0.25) is 8.11 Å². The fraction of sp³-hybridized carbons (Fsp3) is 0.400. The van der Waals surface area contributed by atoms with Crippen LogP contribution in [0.15, 0.2) is 60.7 Å². The third-order valence-corrected chi connectivity index (χ3v) is 10.8. The Kier molecular flexibility index (Phi) is 12.3. The molecule has 0 spiro atoms. The van der Waals surface area contributed by atoms with E-state index in [1.807, 2.05) is 36.4 Å². The van der Waals surface area contributed by atoms with Gasteiger partial charge in [-0.25, -0.2) is 0 Å². The Morgan fingerprint density at radius 2 is 1.04 bits per heavy atom. The summed E-state index contributed by atoms with van der Waals surface area (Å²) < 4.78 is 0.